The van der Waals surface area contributed by atoms with Gasteiger partial charge in [0.05, 0.1) is 12.7 Å². The highest BCUT2D eigenvalue weighted by Crippen LogP contribution is 2.63. The van der Waals surface area contributed by atoms with Crippen LogP contribution < -0.4 is 0 Å². The summed E-state index contributed by atoms with van der Waals surface area (Å²) in [7, 11) is 0. The maximum atomic E-state index is 12.5. The van der Waals surface area contributed by atoms with Gasteiger partial charge in [0.15, 0.2) is 0 Å². The molecule has 0 amide bonds. The zero-order chi connectivity index (χ0) is 13.6. The molecule has 1 atom stereocenters. The molecule has 0 aliphatic carbocycles. The second kappa shape index (κ2) is 7.34. The van der Waals surface area contributed by atoms with E-state index in [-0.39, 0.29) is 11.4 Å². The normalized spacial score (nSPS) is 15.0. The summed E-state index contributed by atoms with van der Waals surface area (Å²) >= 11 is 1.26. The van der Waals surface area contributed by atoms with E-state index in [0.29, 0.717) is 6.61 Å². The molecule has 0 saturated heterocycles. The Balaban J connectivity index is 2.64. The second-order valence-corrected chi connectivity index (χ2v) is 9.01. The van der Waals surface area contributed by atoms with Crippen LogP contribution >= 0.6 is 18.2 Å². The first kappa shape index (κ1) is 15.8. The van der Waals surface area contributed by atoms with E-state index < -0.39 is 6.80 Å². The van der Waals surface area contributed by atoms with E-state index in [4.69, 9.17) is 9.05 Å². The van der Waals surface area contributed by atoms with Gasteiger partial charge in [-0.05, 0) is 30.8 Å². The molecule has 18 heavy (non-hydrogen) atoms. The first-order chi connectivity index (χ1) is 8.41. The first-order valence-corrected chi connectivity index (χ1v) is 9.09. The van der Waals surface area contributed by atoms with Crippen LogP contribution in [-0.2, 0) is 20.2 Å². The van der Waals surface area contributed by atoms with Crippen LogP contribution in [0.5, 0.6) is 0 Å². The maximum absolute atomic E-state index is 12.5. The minimum atomic E-state index is -3.08. The summed E-state index contributed by atoms with van der Waals surface area (Å²) in [5.74, 6) is 0. The van der Waals surface area contributed by atoms with E-state index in [1.54, 1.807) is 0 Å². The third-order valence-corrected chi connectivity index (χ3v) is 6.33. The maximum Gasteiger partial charge on any atom is 0.389 e. The van der Waals surface area contributed by atoms with Crippen LogP contribution in [0.25, 0.3) is 0 Å². The number of hydrogen-bond donors (Lipinski definition) is 0. The molecule has 0 fully saturated rings. The van der Waals surface area contributed by atoms with Crippen LogP contribution in [0.2, 0.25) is 0 Å². The van der Waals surface area contributed by atoms with Gasteiger partial charge in [0.2, 0.25) is 0 Å². The highest BCUT2D eigenvalue weighted by molar-refractivity contribution is 8.55. The van der Waals surface area contributed by atoms with Gasteiger partial charge >= 0.3 is 6.80 Å². The van der Waals surface area contributed by atoms with E-state index in [2.05, 4.69) is 0 Å². The fraction of sp³-hybridized carbons (Fsp3) is 0.538. The molecule has 0 spiro atoms. The fourth-order valence-corrected chi connectivity index (χ4v) is 5.40. The van der Waals surface area contributed by atoms with E-state index in [1.807, 2.05) is 58.0 Å². The lowest BCUT2D eigenvalue weighted by atomic mass is 10.2. The summed E-state index contributed by atoms with van der Waals surface area (Å²) in [6.07, 6.45) is -0.113. The first-order valence-electron chi connectivity index (χ1n) is 6.06. The van der Waals surface area contributed by atoms with Gasteiger partial charge in [-0.25, -0.2) is 4.57 Å². The van der Waals surface area contributed by atoms with Crippen molar-refractivity contribution < 1.29 is 13.6 Å². The molecular weight excluding hydrogens is 267 g/mol. The molecule has 5 heteroatoms. The van der Waals surface area contributed by atoms with Crippen LogP contribution in [0.3, 0.4) is 0 Å². The lowest BCUT2D eigenvalue weighted by molar-refractivity contribution is 0.177. The summed E-state index contributed by atoms with van der Waals surface area (Å²) in [6, 6.07) is 9.70. The highest BCUT2D eigenvalue weighted by atomic mass is 32.7. The van der Waals surface area contributed by atoms with Crippen molar-refractivity contribution in [1.82, 2.24) is 0 Å². The van der Waals surface area contributed by atoms with E-state index in [0.717, 1.165) is 5.56 Å². The Morgan fingerprint density at radius 1 is 1.17 bits per heavy atom. The highest BCUT2D eigenvalue weighted by Gasteiger charge is 2.28. The zero-order valence-corrected chi connectivity index (χ0v) is 13.0. The Bertz CT molecular complexity index is 378. The van der Waals surface area contributed by atoms with E-state index in [9.17, 15) is 4.57 Å². The van der Waals surface area contributed by atoms with Crippen LogP contribution in [0, 0.1) is 0 Å². The molecule has 0 N–H and O–H groups in total. The van der Waals surface area contributed by atoms with Gasteiger partial charge in [-0.3, -0.25) is 9.05 Å². The number of hydrogen-bond acceptors (Lipinski definition) is 4. The predicted octanol–water partition coefficient (Wildman–Crippen LogP) is 4.88. The SMILES string of the molecule is CC(C)OP(=O)(OCc1ccccc1)SC(C)C. The van der Waals surface area contributed by atoms with Crippen molar-refractivity contribution in [1.29, 1.82) is 0 Å². The second-order valence-electron chi connectivity index (χ2n) is 4.51. The molecule has 1 aromatic rings. The van der Waals surface area contributed by atoms with Crippen molar-refractivity contribution in [2.24, 2.45) is 0 Å². The number of benzene rings is 1. The summed E-state index contributed by atoms with van der Waals surface area (Å²) in [5.41, 5.74) is 0.995. The van der Waals surface area contributed by atoms with Gasteiger partial charge in [0, 0.05) is 5.25 Å². The van der Waals surface area contributed by atoms with E-state index in [1.165, 1.54) is 11.4 Å². The smallest absolute Gasteiger partial charge is 0.298 e. The standard InChI is InChI=1S/C13H21O3PS/c1-11(2)16-17(14,18-12(3)4)15-10-13-8-6-5-7-9-13/h5-9,11-12H,10H2,1-4H3. The molecule has 102 valence electrons. The molecule has 3 nitrogen and oxygen atoms in total. The molecule has 0 heterocycles. The van der Waals surface area contributed by atoms with Crippen molar-refractivity contribution in [2.75, 3.05) is 0 Å². The molecule has 1 unspecified atom stereocenters. The van der Waals surface area contributed by atoms with Gasteiger partial charge < -0.3 is 0 Å². The zero-order valence-electron chi connectivity index (χ0n) is 11.3. The summed E-state index contributed by atoms with van der Waals surface area (Å²) in [5, 5.41) is 0.199. The Morgan fingerprint density at radius 3 is 2.28 bits per heavy atom. The molecule has 0 saturated carbocycles. The molecule has 0 aliphatic heterocycles. The van der Waals surface area contributed by atoms with Crippen LogP contribution in [0.1, 0.15) is 33.3 Å². The molecule has 1 rings (SSSR count). The van der Waals surface area contributed by atoms with Gasteiger partial charge in [0.25, 0.3) is 0 Å². The minimum Gasteiger partial charge on any atom is -0.298 e. The van der Waals surface area contributed by atoms with Crippen LogP contribution in [-0.4, -0.2) is 11.4 Å². The Morgan fingerprint density at radius 2 is 1.78 bits per heavy atom. The van der Waals surface area contributed by atoms with Crippen molar-refractivity contribution in [3.63, 3.8) is 0 Å². The molecule has 0 bridgehead atoms. The third kappa shape index (κ3) is 6.05. The van der Waals surface area contributed by atoms with Crippen molar-refractivity contribution >= 4 is 18.2 Å². The minimum absolute atomic E-state index is 0.113. The monoisotopic (exact) mass is 288 g/mol. The Labute approximate surface area is 114 Å². The largest absolute Gasteiger partial charge is 0.389 e. The summed E-state index contributed by atoms with van der Waals surface area (Å²) in [4.78, 5) is 0. The average molecular weight is 288 g/mol. The van der Waals surface area contributed by atoms with E-state index >= 15 is 0 Å². The quantitative estimate of drug-likeness (QED) is 0.670. The number of rotatable bonds is 7. The summed E-state index contributed by atoms with van der Waals surface area (Å²) in [6.45, 7) is 4.91. The van der Waals surface area contributed by atoms with Gasteiger partial charge in [-0.15, -0.1) is 0 Å². The lowest BCUT2D eigenvalue weighted by Gasteiger charge is -2.21. The molecular formula is C13H21O3PS. The third-order valence-electron chi connectivity index (χ3n) is 1.91. The lowest BCUT2D eigenvalue weighted by Crippen LogP contribution is -2.03. The van der Waals surface area contributed by atoms with Crippen molar-refractivity contribution in [3.05, 3.63) is 35.9 Å². The topological polar surface area (TPSA) is 35.5 Å². The van der Waals surface area contributed by atoms with Crippen molar-refractivity contribution in [2.45, 2.75) is 45.7 Å². The van der Waals surface area contributed by atoms with Crippen molar-refractivity contribution in [3.8, 4) is 0 Å². The molecule has 0 aliphatic rings. The summed E-state index contributed by atoms with van der Waals surface area (Å²) < 4.78 is 23.5. The van der Waals surface area contributed by atoms with Crippen LogP contribution in [0.15, 0.2) is 30.3 Å². The van der Waals surface area contributed by atoms with Crippen LogP contribution in [0.4, 0.5) is 0 Å². The Kier molecular flexibility index (Phi) is 6.44. The van der Waals surface area contributed by atoms with Gasteiger partial charge in [-0.2, -0.15) is 0 Å². The average Bonchev–Trinajstić information content (AvgIpc) is 2.26. The molecule has 0 aromatic heterocycles. The Hall–Kier alpha value is -0.280. The van der Waals surface area contributed by atoms with Gasteiger partial charge in [0.1, 0.15) is 0 Å². The van der Waals surface area contributed by atoms with Gasteiger partial charge in [-0.1, -0.05) is 44.2 Å². The molecule has 1 aromatic carbocycles. The fourth-order valence-electron chi connectivity index (χ4n) is 1.33. The predicted molar refractivity (Wildman–Crippen MR) is 77.8 cm³/mol. The molecule has 0 radical (unpaired) electrons.